The maximum absolute atomic E-state index is 12.8. The molecule has 5 rings (SSSR count). The molecule has 3 heterocycles. The van der Waals surface area contributed by atoms with Gasteiger partial charge in [0.15, 0.2) is 5.11 Å². The lowest BCUT2D eigenvalue weighted by Gasteiger charge is -2.28. The van der Waals surface area contributed by atoms with Crippen molar-refractivity contribution in [3.63, 3.8) is 0 Å². The Labute approximate surface area is 189 Å². The minimum Gasteiger partial charge on any atom is -0.377 e. The number of nitrogens with one attached hydrogen (secondary N) is 1. The number of benzene rings is 1. The highest BCUT2D eigenvalue weighted by Crippen LogP contribution is 2.36. The first-order chi connectivity index (χ1) is 15.0. The highest BCUT2D eigenvalue weighted by atomic mass is 35.5. The SMILES string of the molecule is O=C(Nc1ccc(N2C(=O)C3COCCN3C2=S)c(Cl)c1)c1cncc(C2CCC2)n1. The Balaban J connectivity index is 1.33. The van der Waals surface area contributed by atoms with Gasteiger partial charge in [-0.25, -0.2) is 4.98 Å². The Morgan fingerprint density at radius 3 is 2.84 bits per heavy atom. The standard InChI is InChI=1S/C21H20ClN5O3S/c22-14-8-13(24-19(28)16-10-23-9-15(25-16)12-2-1-3-12)4-5-17(14)27-20(29)18-11-30-7-6-26(18)21(27)31/h4-5,8-10,12,18H,1-3,6-7,11H2,(H,24,28). The number of nitrogens with zero attached hydrogens (tertiary/aromatic N) is 4. The number of carbonyl (C=O) groups is 2. The van der Waals surface area contributed by atoms with Crippen LogP contribution in [0.2, 0.25) is 5.02 Å². The maximum Gasteiger partial charge on any atom is 0.275 e. The van der Waals surface area contributed by atoms with E-state index in [-0.39, 0.29) is 17.5 Å². The number of fused-ring (bicyclic) bond motifs is 1. The molecule has 2 amide bonds. The number of carbonyl (C=O) groups excluding carboxylic acids is 2. The van der Waals surface area contributed by atoms with Crippen molar-refractivity contribution in [1.29, 1.82) is 0 Å². The maximum atomic E-state index is 12.8. The molecule has 3 fully saturated rings. The van der Waals surface area contributed by atoms with Gasteiger partial charge in [-0.1, -0.05) is 18.0 Å². The third-order valence-corrected chi connectivity index (χ3v) is 6.65. The van der Waals surface area contributed by atoms with E-state index in [1.54, 1.807) is 24.4 Å². The van der Waals surface area contributed by atoms with Crippen LogP contribution in [0.15, 0.2) is 30.6 Å². The van der Waals surface area contributed by atoms with Crippen LogP contribution in [-0.4, -0.2) is 57.6 Å². The van der Waals surface area contributed by atoms with Crippen molar-refractivity contribution in [2.45, 2.75) is 31.2 Å². The lowest BCUT2D eigenvalue weighted by molar-refractivity contribution is -0.123. The summed E-state index contributed by atoms with van der Waals surface area (Å²) in [6, 6.07) is 4.55. The van der Waals surface area contributed by atoms with Crippen LogP contribution in [0.25, 0.3) is 0 Å². The minimum absolute atomic E-state index is 0.161. The average molecular weight is 458 g/mol. The predicted octanol–water partition coefficient (Wildman–Crippen LogP) is 2.98. The van der Waals surface area contributed by atoms with Crippen LogP contribution in [-0.2, 0) is 9.53 Å². The normalized spacial score (nSPS) is 21.1. The summed E-state index contributed by atoms with van der Waals surface area (Å²) in [5.41, 5.74) is 2.09. The number of hydrogen-bond donors (Lipinski definition) is 1. The number of amides is 2. The second-order valence-corrected chi connectivity index (χ2v) is 8.59. The number of aromatic nitrogens is 2. The number of anilines is 2. The monoisotopic (exact) mass is 457 g/mol. The molecule has 31 heavy (non-hydrogen) atoms. The largest absolute Gasteiger partial charge is 0.377 e. The van der Waals surface area contributed by atoms with Gasteiger partial charge in [0, 0.05) is 24.3 Å². The van der Waals surface area contributed by atoms with Gasteiger partial charge >= 0.3 is 0 Å². The molecule has 1 saturated carbocycles. The van der Waals surface area contributed by atoms with E-state index in [2.05, 4.69) is 15.3 Å². The van der Waals surface area contributed by atoms with E-state index in [1.807, 2.05) is 4.90 Å². The first kappa shape index (κ1) is 20.3. The number of hydrogen-bond acceptors (Lipinski definition) is 6. The summed E-state index contributed by atoms with van der Waals surface area (Å²) in [4.78, 5) is 37.4. The predicted molar refractivity (Wildman–Crippen MR) is 119 cm³/mol. The molecule has 0 spiro atoms. The Hall–Kier alpha value is -2.62. The van der Waals surface area contributed by atoms with E-state index in [9.17, 15) is 9.59 Å². The highest BCUT2D eigenvalue weighted by Gasteiger charge is 2.45. The molecule has 1 N–H and O–H groups in total. The fourth-order valence-electron chi connectivity index (χ4n) is 3.98. The summed E-state index contributed by atoms with van der Waals surface area (Å²) in [6.45, 7) is 1.40. The number of halogens is 1. The van der Waals surface area contributed by atoms with Crippen LogP contribution in [0.1, 0.15) is 41.4 Å². The molecule has 160 valence electrons. The van der Waals surface area contributed by atoms with Crippen LogP contribution in [0.3, 0.4) is 0 Å². The first-order valence-electron chi connectivity index (χ1n) is 10.2. The topological polar surface area (TPSA) is 87.7 Å². The molecule has 3 aliphatic rings. The molecular formula is C21H20ClN5O3S. The average Bonchev–Trinajstić information content (AvgIpc) is 2.98. The second-order valence-electron chi connectivity index (χ2n) is 7.82. The second kappa shape index (κ2) is 8.14. The van der Waals surface area contributed by atoms with Crippen molar-refractivity contribution in [2.75, 3.05) is 30.0 Å². The molecule has 2 aliphatic heterocycles. The quantitative estimate of drug-likeness (QED) is 0.706. The summed E-state index contributed by atoms with van der Waals surface area (Å²) in [5.74, 6) is -0.133. The van der Waals surface area contributed by atoms with Crippen molar-refractivity contribution < 1.29 is 14.3 Å². The molecule has 0 bridgehead atoms. The van der Waals surface area contributed by atoms with E-state index < -0.39 is 6.04 Å². The number of morpholine rings is 1. The summed E-state index contributed by atoms with van der Waals surface area (Å²) in [5, 5.41) is 3.52. The number of ether oxygens (including phenoxy) is 1. The Morgan fingerprint density at radius 1 is 1.29 bits per heavy atom. The van der Waals surface area contributed by atoms with Crippen molar-refractivity contribution >= 4 is 52.1 Å². The molecule has 0 radical (unpaired) electrons. The van der Waals surface area contributed by atoms with Crippen molar-refractivity contribution in [1.82, 2.24) is 14.9 Å². The fourth-order valence-corrected chi connectivity index (χ4v) is 4.65. The molecular weight excluding hydrogens is 438 g/mol. The lowest BCUT2D eigenvalue weighted by Crippen LogP contribution is -2.44. The molecule has 1 unspecified atom stereocenters. The molecule has 2 saturated heterocycles. The molecule has 10 heteroatoms. The third-order valence-electron chi connectivity index (χ3n) is 5.93. The molecule has 1 aliphatic carbocycles. The van der Waals surface area contributed by atoms with Crippen LogP contribution < -0.4 is 10.2 Å². The third kappa shape index (κ3) is 3.66. The molecule has 8 nitrogen and oxygen atoms in total. The number of thiocarbonyl (C=S) groups is 1. The van der Waals surface area contributed by atoms with E-state index in [1.165, 1.54) is 17.5 Å². The van der Waals surface area contributed by atoms with Gasteiger partial charge in [0.1, 0.15) is 11.7 Å². The molecule has 2 aromatic rings. The zero-order valence-corrected chi connectivity index (χ0v) is 18.2. The van der Waals surface area contributed by atoms with Crippen LogP contribution in [0, 0.1) is 0 Å². The van der Waals surface area contributed by atoms with Crippen molar-refractivity contribution in [3.8, 4) is 0 Å². The van der Waals surface area contributed by atoms with Gasteiger partial charge in [0.05, 0.1) is 35.8 Å². The number of rotatable bonds is 4. The van der Waals surface area contributed by atoms with Crippen LogP contribution in [0.4, 0.5) is 11.4 Å². The van der Waals surface area contributed by atoms with Crippen LogP contribution >= 0.6 is 23.8 Å². The Morgan fingerprint density at radius 2 is 2.13 bits per heavy atom. The van der Waals surface area contributed by atoms with Gasteiger partial charge in [-0.05, 0) is 43.3 Å². The summed E-state index contributed by atoms with van der Waals surface area (Å²) in [6.07, 6.45) is 6.52. The Bertz CT molecular complexity index is 1050. The van der Waals surface area contributed by atoms with E-state index in [0.29, 0.717) is 47.2 Å². The Kier molecular flexibility index (Phi) is 5.33. The van der Waals surface area contributed by atoms with Crippen LogP contribution in [0.5, 0.6) is 0 Å². The van der Waals surface area contributed by atoms with Gasteiger partial charge in [-0.2, -0.15) is 0 Å². The minimum atomic E-state index is -0.418. The highest BCUT2D eigenvalue weighted by molar-refractivity contribution is 7.80. The molecule has 1 aromatic heterocycles. The fraction of sp³-hybridized carbons (Fsp3) is 0.381. The van der Waals surface area contributed by atoms with Crippen molar-refractivity contribution in [3.05, 3.63) is 47.0 Å². The van der Waals surface area contributed by atoms with Gasteiger partial charge in [-0.15, -0.1) is 0 Å². The molecule has 1 aromatic carbocycles. The van der Waals surface area contributed by atoms with E-state index in [0.717, 1.165) is 18.5 Å². The van der Waals surface area contributed by atoms with E-state index in [4.69, 9.17) is 28.6 Å². The molecule has 1 atom stereocenters. The zero-order valence-electron chi connectivity index (χ0n) is 16.6. The van der Waals surface area contributed by atoms with Gasteiger partial charge < -0.3 is 15.0 Å². The van der Waals surface area contributed by atoms with E-state index >= 15 is 0 Å². The van der Waals surface area contributed by atoms with Gasteiger partial charge in [0.25, 0.3) is 11.8 Å². The lowest BCUT2D eigenvalue weighted by atomic mass is 9.83. The van der Waals surface area contributed by atoms with Crippen molar-refractivity contribution in [2.24, 2.45) is 0 Å². The summed E-state index contributed by atoms with van der Waals surface area (Å²) < 4.78 is 5.42. The van der Waals surface area contributed by atoms with Gasteiger partial charge in [0.2, 0.25) is 0 Å². The zero-order chi connectivity index (χ0) is 21.5. The summed E-state index contributed by atoms with van der Waals surface area (Å²) >= 11 is 12.0. The summed E-state index contributed by atoms with van der Waals surface area (Å²) in [7, 11) is 0. The smallest absolute Gasteiger partial charge is 0.275 e. The first-order valence-corrected chi connectivity index (χ1v) is 11.0. The van der Waals surface area contributed by atoms with Gasteiger partial charge in [-0.3, -0.25) is 19.5 Å².